The number of nitrogens with zero attached hydrogens (tertiary/aromatic N) is 2. The molecule has 0 aromatic carbocycles. The molecule has 0 aromatic rings. The van der Waals surface area contributed by atoms with Gasteiger partial charge in [0.1, 0.15) is 0 Å². The Kier molecular flexibility index (Phi) is 5.92. The molecule has 0 bridgehead atoms. The van der Waals surface area contributed by atoms with Crippen molar-refractivity contribution in [3.05, 3.63) is 0 Å². The van der Waals surface area contributed by atoms with Gasteiger partial charge in [-0.25, -0.2) is 0 Å². The monoisotopic (exact) mass is 241 g/mol. The molecule has 0 saturated carbocycles. The predicted molar refractivity (Wildman–Crippen MR) is 71.0 cm³/mol. The summed E-state index contributed by atoms with van der Waals surface area (Å²) < 4.78 is 0. The van der Waals surface area contributed by atoms with Gasteiger partial charge in [0.2, 0.25) is 5.91 Å². The number of amides is 1. The van der Waals surface area contributed by atoms with Crippen molar-refractivity contribution < 1.29 is 4.79 Å². The maximum Gasteiger partial charge on any atom is 0.236 e. The number of hydrogen-bond acceptors (Lipinski definition) is 3. The van der Waals surface area contributed by atoms with Crippen LogP contribution in [-0.4, -0.2) is 60.5 Å². The van der Waals surface area contributed by atoms with Crippen LogP contribution in [0, 0.1) is 0 Å². The van der Waals surface area contributed by atoms with E-state index >= 15 is 0 Å². The quantitative estimate of drug-likeness (QED) is 0.751. The van der Waals surface area contributed by atoms with E-state index < -0.39 is 0 Å². The molecule has 4 nitrogen and oxygen atoms in total. The van der Waals surface area contributed by atoms with Crippen molar-refractivity contribution in [2.45, 2.75) is 46.2 Å². The third kappa shape index (κ3) is 4.28. The first-order valence-electron chi connectivity index (χ1n) is 6.83. The first-order valence-corrected chi connectivity index (χ1v) is 6.83. The summed E-state index contributed by atoms with van der Waals surface area (Å²) in [5.41, 5.74) is 0. The van der Waals surface area contributed by atoms with Gasteiger partial charge in [-0.05, 0) is 40.7 Å². The molecule has 0 spiro atoms. The standard InChI is InChI=1S/C13H27N3O/c1-5-15(6-2)13(17)9-14-12-7-8-16(10-12)11(3)4/h11-12,14H,5-10H2,1-4H3. The minimum absolute atomic E-state index is 0.220. The molecular formula is C13H27N3O. The second-order valence-electron chi connectivity index (χ2n) is 5.02. The summed E-state index contributed by atoms with van der Waals surface area (Å²) >= 11 is 0. The molecule has 1 rings (SSSR count). The maximum absolute atomic E-state index is 11.8. The Morgan fingerprint density at radius 3 is 2.53 bits per heavy atom. The molecule has 1 unspecified atom stereocenters. The van der Waals surface area contributed by atoms with Gasteiger partial charge in [0.05, 0.1) is 6.54 Å². The largest absolute Gasteiger partial charge is 0.342 e. The van der Waals surface area contributed by atoms with E-state index in [4.69, 9.17) is 0 Å². The van der Waals surface area contributed by atoms with Gasteiger partial charge in [0.25, 0.3) is 0 Å². The number of likely N-dealkylation sites (N-methyl/N-ethyl adjacent to an activating group) is 1. The molecule has 1 aliphatic heterocycles. The van der Waals surface area contributed by atoms with Crippen molar-refractivity contribution in [3.8, 4) is 0 Å². The maximum atomic E-state index is 11.8. The molecule has 0 aromatic heterocycles. The highest BCUT2D eigenvalue weighted by Crippen LogP contribution is 2.11. The zero-order valence-electron chi connectivity index (χ0n) is 11.7. The van der Waals surface area contributed by atoms with Gasteiger partial charge in [-0.15, -0.1) is 0 Å². The molecule has 1 saturated heterocycles. The van der Waals surface area contributed by atoms with Crippen LogP contribution in [0.3, 0.4) is 0 Å². The summed E-state index contributed by atoms with van der Waals surface area (Å²) in [6, 6.07) is 1.09. The molecule has 1 heterocycles. The Bertz CT molecular complexity index is 239. The van der Waals surface area contributed by atoms with Crippen LogP contribution < -0.4 is 5.32 Å². The second-order valence-corrected chi connectivity index (χ2v) is 5.02. The van der Waals surface area contributed by atoms with Crippen molar-refractivity contribution in [2.24, 2.45) is 0 Å². The fourth-order valence-electron chi connectivity index (χ4n) is 2.34. The van der Waals surface area contributed by atoms with Crippen LogP contribution in [0.2, 0.25) is 0 Å². The Hall–Kier alpha value is -0.610. The molecule has 0 radical (unpaired) electrons. The second kappa shape index (κ2) is 6.97. The summed E-state index contributed by atoms with van der Waals surface area (Å²) in [5, 5.41) is 3.38. The van der Waals surface area contributed by atoms with E-state index in [1.54, 1.807) is 0 Å². The van der Waals surface area contributed by atoms with Crippen LogP contribution in [0.15, 0.2) is 0 Å². The lowest BCUT2D eigenvalue weighted by Gasteiger charge is -2.22. The van der Waals surface area contributed by atoms with E-state index in [-0.39, 0.29) is 5.91 Å². The van der Waals surface area contributed by atoms with E-state index in [9.17, 15) is 4.79 Å². The molecule has 17 heavy (non-hydrogen) atoms. The number of rotatable bonds is 6. The van der Waals surface area contributed by atoms with Crippen LogP contribution in [0.25, 0.3) is 0 Å². The molecule has 100 valence electrons. The van der Waals surface area contributed by atoms with Gasteiger partial charge < -0.3 is 10.2 Å². The van der Waals surface area contributed by atoms with Gasteiger partial charge in [-0.3, -0.25) is 9.69 Å². The number of likely N-dealkylation sites (tertiary alicyclic amines) is 1. The van der Waals surface area contributed by atoms with E-state index in [0.717, 1.165) is 32.6 Å². The Morgan fingerprint density at radius 2 is 2.06 bits per heavy atom. The third-order valence-corrected chi connectivity index (χ3v) is 3.61. The lowest BCUT2D eigenvalue weighted by molar-refractivity contribution is -0.129. The number of nitrogens with one attached hydrogen (secondary N) is 1. The first-order chi connectivity index (χ1) is 8.08. The van der Waals surface area contributed by atoms with Crippen LogP contribution in [0.1, 0.15) is 34.1 Å². The van der Waals surface area contributed by atoms with Crippen LogP contribution in [-0.2, 0) is 4.79 Å². The summed E-state index contributed by atoms with van der Waals surface area (Å²) in [6.07, 6.45) is 1.16. The molecule has 4 heteroatoms. The first kappa shape index (κ1) is 14.5. The molecule has 1 aliphatic rings. The Morgan fingerprint density at radius 1 is 1.41 bits per heavy atom. The van der Waals surface area contributed by atoms with Gasteiger partial charge in [-0.1, -0.05) is 0 Å². The van der Waals surface area contributed by atoms with Crippen LogP contribution in [0.5, 0.6) is 0 Å². The fraction of sp³-hybridized carbons (Fsp3) is 0.923. The zero-order valence-corrected chi connectivity index (χ0v) is 11.7. The third-order valence-electron chi connectivity index (χ3n) is 3.61. The highest BCUT2D eigenvalue weighted by Gasteiger charge is 2.24. The van der Waals surface area contributed by atoms with Gasteiger partial charge >= 0.3 is 0 Å². The predicted octanol–water partition coefficient (Wildman–Crippen LogP) is 0.927. The summed E-state index contributed by atoms with van der Waals surface area (Å²) in [6.45, 7) is 12.8. The number of carbonyl (C=O) groups is 1. The number of hydrogen-bond donors (Lipinski definition) is 1. The minimum atomic E-state index is 0.220. The Balaban J connectivity index is 2.26. The van der Waals surface area contributed by atoms with Gasteiger partial charge in [0.15, 0.2) is 0 Å². The molecule has 1 atom stereocenters. The van der Waals surface area contributed by atoms with Crippen LogP contribution in [0.4, 0.5) is 0 Å². The van der Waals surface area contributed by atoms with Crippen molar-refractivity contribution in [1.82, 2.24) is 15.1 Å². The van der Waals surface area contributed by atoms with Crippen molar-refractivity contribution in [1.29, 1.82) is 0 Å². The summed E-state index contributed by atoms with van der Waals surface area (Å²) in [5.74, 6) is 0.220. The lowest BCUT2D eigenvalue weighted by atomic mass is 10.2. The lowest BCUT2D eigenvalue weighted by Crippen LogP contribution is -2.43. The highest BCUT2D eigenvalue weighted by molar-refractivity contribution is 5.78. The van der Waals surface area contributed by atoms with E-state index in [1.165, 1.54) is 0 Å². The number of carbonyl (C=O) groups excluding carboxylic acids is 1. The molecular weight excluding hydrogens is 214 g/mol. The van der Waals surface area contributed by atoms with Crippen LogP contribution >= 0.6 is 0 Å². The minimum Gasteiger partial charge on any atom is -0.342 e. The molecule has 1 amide bonds. The molecule has 0 aliphatic carbocycles. The zero-order chi connectivity index (χ0) is 12.8. The van der Waals surface area contributed by atoms with Gasteiger partial charge in [0, 0.05) is 31.7 Å². The average Bonchev–Trinajstić information content (AvgIpc) is 2.76. The summed E-state index contributed by atoms with van der Waals surface area (Å²) in [7, 11) is 0. The SMILES string of the molecule is CCN(CC)C(=O)CNC1CCN(C(C)C)C1. The molecule has 1 fully saturated rings. The smallest absolute Gasteiger partial charge is 0.236 e. The highest BCUT2D eigenvalue weighted by atomic mass is 16.2. The molecule has 1 N–H and O–H groups in total. The van der Waals surface area contributed by atoms with E-state index in [2.05, 4.69) is 24.1 Å². The van der Waals surface area contributed by atoms with Crippen molar-refractivity contribution in [3.63, 3.8) is 0 Å². The fourth-order valence-corrected chi connectivity index (χ4v) is 2.34. The van der Waals surface area contributed by atoms with Crippen molar-refractivity contribution >= 4 is 5.91 Å². The topological polar surface area (TPSA) is 35.6 Å². The van der Waals surface area contributed by atoms with Crippen molar-refractivity contribution in [2.75, 3.05) is 32.7 Å². The van der Waals surface area contributed by atoms with E-state index in [0.29, 0.717) is 18.6 Å². The summed E-state index contributed by atoms with van der Waals surface area (Å²) in [4.78, 5) is 16.2. The Labute approximate surface area is 105 Å². The van der Waals surface area contributed by atoms with Gasteiger partial charge in [-0.2, -0.15) is 0 Å². The normalized spacial score (nSPS) is 21.1. The average molecular weight is 241 g/mol. The van der Waals surface area contributed by atoms with E-state index in [1.807, 2.05) is 18.7 Å².